The van der Waals surface area contributed by atoms with E-state index in [9.17, 15) is 9.00 Å². The summed E-state index contributed by atoms with van der Waals surface area (Å²) in [6.45, 7) is 2.83. The molecule has 0 spiro atoms. The minimum Gasteiger partial charge on any atom is -0.480 e. The molecule has 6 heteroatoms. The van der Waals surface area contributed by atoms with Crippen LogP contribution in [-0.4, -0.2) is 20.0 Å². The van der Waals surface area contributed by atoms with Gasteiger partial charge in [-0.15, -0.1) is 0 Å². The zero-order chi connectivity index (χ0) is 13.2. The topological polar surface area (TPSA) is 54.4 Å². The number of aliphatic carboxylic acids is 1. The molecule has 0 aromatic heterocycles. The van der Waals surface area contributed by atoms with Crippen LogP contribution in [0.2, 0.25) is 10.0 Å². The van der Waals surface area contributed by atoms with Crippen molar-refractivity contribution in [2.45, 2.75) is 24.3 Å². The van der Waals surface area contributed by atoms with Crippen molar-refractivity contribution in [3.8, 4) is 0 Å². The Morgan fingerprint density at radius 3 is 2.24 bits per heavy atom. The Kier molecular flexibility index (Phi) is 4.58. The van der Waals surface area contributed by atoms with Crippen LogP contribution < -0.4 is 0 Å². The highest BCUT2D eigenvalue weighted by atomic mass is 35.5. The van der Waals surface area contributed by atoms with Crippen LogP contribution in [0.3, 0.4) is 0 Å². The third-order valence-corrected chi connectivity index (χ3v) is 4.99. The number of carbonyl (C=O) groups is 1. The van der Waals surface area contributed by atoms with Crippen molar-refractivity contribution in [3.05, 3.63) is 33.8 Å². The average Bonchev–Trinajstić information content (AvgIpc) is 2.23. The molecule has 0 saturated heterocycles. The van der Waals surface area contributed by atoms with Gasteiger partial charge in [-0.3, -0.25) is 9.00 Å². The molecular weight excluding hydrogens is 283 g/mol. The Balaban J connectivity index is 3.00. The summed E-state index contributed by atoms with van der Waals surface area (Å²) in [5.41, 5.74) is 0.517. The van der Waals surface area contributed by atoms with Crippen LogP contribution in [0.4, 0.5) is 0 Å². The summed E-state index contributed by atoms with van der Waals surface area (Å²) >= 11 is 11.9. The number of hydrogen-bond donors (Lipinski definition) is 1. The molecule has 1 aromatic carbocycles. The van der Waals surface area contributed by atoms with E-state index in [-0.39, 0.29) is 5.75 Å². The van der Waals surface area contributed by atoms with E-state index in [4.69, 9.17) is 28.3 Å². The number of hydrogen-bond acceptors (Lipinski definition) is 2. The molecule has 94 valence electrons. The Morgan fingerprint density at radius 2 is 1.82 bits per heavy atom. The van der Waals surface area contributed by atoms with E-state index >= 15 is 0 Å². The molecule has 0 aliphatic rings. The molecule has 0 aliphatic carbocycles. The van der Waals surface area contributed by atoms with Gasteiger partial charge in [0.1, 0.15) is 4.75 Å². The molecule has 17 heavy (non-hydrogen) atoms. The van der Waals surface area contributed by atoms with Gasteiger partial charge in [-0.1, -0.05) is 29.3 Å². The molecule has 0 bridgehead atoms. The molecule has 3 nitrogen and oxygen atoms in total. The minimum atomic E-state index is -1.60. The van der Waals surface area contributed by atoms with Gasteiger partial charge in [-0.05, 0) is 26.0 Å². The summed E-state index contributed by atoms with van der Waals surface area (Å²) in [6, 6.07) is 4.95. The van der Waals surface area contributed by atoms with Crippen LogP contribution in [0, 0.1) is 0 Å². The standard InChI is InChI=1S/C11H12Cl2O3S/c1-11(2,10(14)15)17(16)6-7-8(12)4-3-5-9(7)13/h3-5H,6H2,1-2H3,(H,14,15). The molecule has 1 aromatic rings. The van der Waals surface area contributed by atoms with Crippen molar-refractivity contribution >= 4 is 40.0 Å². The SMILES string of the molecule is CC(C)(C(=O)O)S(=O)Cc1c(Cl)cccc1Cl. The molecule has 0 fully saturated rings. The van der Waals surface area contributed by atoms with Crippen LogP contribution in [-0.2, 0) is 21.3 Å². The van der Waals surface area contributed by atoms with E-state index in [2.05, 4.69) is 0 Å². The lowest BCUT2D eigenvalue weighted by atomic mass is 10.2. The molecule has 1 atom stereocenters. The number of rotatable bonds is 4. The van der Waals surface area contributed by atoms with Crippen molar-refractivity contribution in [1.29, 1.82) is 0 Å². The zero-order valence-corrected chi connectivity index (χ0v) is 11.7. The third kappa shape index (κ3) is 3.21. The van der Waals surface area contributed by atoms with Crippen LogP contribution >= 0.6 is 23.2 Å². The van der Waals surface area contributed by atoms with Gasteiger partial charge in [0.05, 0.1) is 5.75 Å². The average molecular weight is 295 g/mol. The van der Waals surface area contributed by atoms with Crippen LogP contribution in [0.25, 0.3) is 0 Å². The summed E-state index contributed by atoms with van der Waals surface area (Å²) in [5.74, 6) is -1.09. The lowest BCUT2D eigenvalue weighted by Crippen LogP contribution is -2.37. The highest BCUT2D eigenvalue weighted by molar-refractivity contribution is 7.86. The second kappa shape index (κ2) is 5.38. The molecule has 1 rings (SSSR count). The Morgan fingerprint density at radius 1 is 1.35 bits per heavy atom. The maximum Gasteiger partial charge on any atom is 0.321 e. The van der Waals surface area contributed by atoms with Crippen LogP contribution in [0.5, 0.6) is 0 Å². The normalized spacial score (nSPS) is 13.4. The first-order chi connectivity index (χ1) is 7.76. The largest absolute Gasteiger partial charge is 0.480 e. The molecular formula is C11H12Cl2O3S. The van der Waals surface area contributed by atoms with Gasteiger partial charge in [-0.2, -0.15) is 0 Å². The Hall–Kier alpha value is -0.580. The van der Waals surface area contributed by atoms with Gasteiger partial charge in [-0.25, -0.2) is 0 Å². The molecule has 0 radical (unpaired) electrons. The predicted octanol–water partition coefficient (Wildman–Crippen LogP) is 3.11. The van der Waals surface area contributed by atoms with E-state index in [1.54, 1.807) is 18.2 Å². The minimum absolute atomic E-state index is 0.0256. The molecule has 0 amide bonds. The number of carboxylic acids is 1. The van der Waals surface area contributed by atoms with E-state index in [1.807, 2.05) is 0 Å². The first-order valence-corrected chi connectivity index (χ1v) is 6.89. The van der Waals surface area contributed by atoms with E-state index in [1.165, 1.54) is 13.8 Å². The van der Waals surface area contributed by atoms with E-state index in [0.717, 1.165) is 0 Å². The van der Waals surface area contributed by atoms with Gasteiger partial charge in [0.15, 0.2) is 0 Å². The lowest BCUT2D eigenvalue weighted by molar-refractivity contribution is -0.139. The molecule has 0 heterocycles. The Bertz CT molecular complexity index is 452. The first kappa shape index (κ1) is 14.5. The molecule has 0 saturated carbocycles. The van der Waals surface area contributed by atoms with Gasteiger partial charge in [0.25, 0.3) is 0 Å². The second-order valence-corrected chi connectivity index (χ2v) is 6.82. The van der Waals surface area contributed by atoms with Gasteiger partial charge in [0, 0.05) is 26.4 Å². The van der Waals surface area contributed by atoms with E-state index < -0.39 is 21.5 Å². The number of carboxylic acid groups (broad SMARTS) is 1. The molecule has 1 N–H and O–H groups in total. The predicted molar refractivity (Wildman–Crippen MR) is 70.0 cm³/mol. The third-order valence-electron chi connectivity index (χ3n) is 2.42. The fraction of sp³-hybridized carbons (Fsp3) is 0.364. The van der Waals surface area contributed by atoms with E-state index in [0.29, 0.717) is 15.6 Å². The molecule has 0 aliphatic heterocycles. The first-order valence-electron chi connectivity index (χ1n) is 4.81. The van der Waals surface area contributed by atoms with Gasteiger partial charge in [0.2, 0.25) is 0 Å². The second-order valence-electron chi connectivity index (χ2n) is 4.01. The summed E-state index contributed by atoms with van der Waals surface area (Å²) in [5, 5.41) is 9.76. The fourth-order valence-corrected chi connectivity index (χ4v) is 2.90. The zero-order valence-electron chi connectivity index (χ0n) is 9.37. The van der Waals surface area contributed by atoms with Crippen molar-refractivity contribution in [2.24, 2.45) is 0 Å². The lowest BCUT2D eigenvalue weighted by Gasteiger charge is -2.19. The quantitative estimate of drug-likeness (QED) is 0.928. The van der Waals surface area contributed by atoms with Crippen molar-refractivity contribution < 1.29 is 14.1 Å². The maximum absolute atomic E-state index is 12.0. The monoisotopic (exact) mass is 294 g/mol. The fourth-order valence-electron chi connectivity index (χ4n) is 1.08. The van der Waals surface area contributed by atoms with Gasteiger partial charge >= 0.3 is 5.97 Å². The maximum atomic E-state index is 12.0. The smallest absolute Gasteiger partial charge is 0.321 e. The highest BCUT2D eigenvalue weighted by Gasteiger charge is 2.34. The van der Waals surface area contributed by atoms with Crippen molar-refractivity contribution in [1.82, 2.24) is 0 Å². The number of benzene rings is 1. The van der Waals surface area contributed by atoms with Gasteiger partial charge < -0.3 is 5.11 Å². The molecule has 1 unspecified atom stereocenters. The summed E-state index contributed by atoms with van der Waals surface area (Å²) in [7, 11) is -1.60. The summed E-state index contributed by atoms with van der Waals surface area (Å²) < 4.78 is 10.7. The summed E-state index contributed by atoms with van der Waals surface area (Å²) in [4.78, 5) is 11.0. The highest BCUT2D eigenvalue weighted by Crippen LogP contribution is 2.28. The van der Waals surface area contributed by atoms with Crippen molar-refractivity contribution in [2.75, 3.05) is 0 Å². The van der Waals surface area contributed by atoms with Crippen LogP contribution in [0.1, 0.15) is 19.4 Å². The Labute approximate surface area is 112 Å². The summed E-state index contributed by atoms with van der Waals surface area (Å²) in [6.07, 6.45) is 0. The number of halogens is 2. The van der Waals surface area contributed by atoms with Crippen molar-refractivity contribution in [3.63, 3.8) is 0 Å². The van der Waals surface area contributed by atoms with Crippen LogP contribution in [0.15, 0.2) is 18.2 Å².